The van der Waals surface area contributed by atoms with E-state index in [4.69, 9.17) is 4.74 Å². The van der Waals surface area contributed by atoms with E-state index in [0.717, 1.165) is 0 Å². The van der Waals surface area contributed by atoms with Crippen LogP contribution in [0.1, 0.15) is 20.8 Å². The maximum absolute atomic E-state index is 11.5. The van der Waals surface area contributed by atoms with E-state index in [1.165, 1.54) is 11.4 Å². The monoisotopic (exact) mass is 249 g/mol. The van der Waals surface area contributed by atoms with Crippen molar-refractivity contribution in [3.05, 3.63) is 12.2 Å². The van der Waals surface area contributed by atoms with Gasteiger partial charge >= 0.3 is 5.97 Å². The van der Waals surface area contributed by atoms with Crippen molar-refractivity contribution < 1.29 is 17.9 Å². The van der Waals surface area contributed by atoms with Crippen molar-refractivity contribution in [2.75, 3.05) is 19.4 Å². The van der Waals surface area contributed by atoms with E-state index in [0.29, 0.717) is 5.57 Å². The van der Waals surface area contributed by atoms with Crippen LogP contribution in [-0.2, 0) is 19.6 Å². The summed E-state index contributed by atoms with van der Waals surface area (Å²) in [5, 5.41) is 0. The van der Waals surface area contributed by atoms with Gasteiger partial charge in [-0.25, -0.2) is 13.2 Å². The Labute approximate surface area is 97.1 Å². The smallest absolute Gasteiger partial charge is 0.333 e. The molecule has 0 aromatic carbocycles. The number of esters is 1. The summed E-state index contributed by atoms with van der Waals surface area (Å²) in [6.07, 6.45) is 0. The third kappa shape index (κ3) is 4.32. The first-order valence-electron chi connectivity index (χ1n) is 5.00. The van der Waals surface area contributed by atoms with Gasteiger partial charge in [-0.15, -0.1) is 0 Å². The fourth-order valence-electron chi connectivity index (χ4n) is 0.902. The molecule has 0 aromatic heterocycles. The van der Waals surface area contributed by atoms with E-state index < -0.39 is 16.0 Å². The predicted octanol–water partition coefficient (Wildman–Crippen LogP) is 0.776. The largest absolute Gasteiger partial charge is 0.461 e. The third-order valence-electron chi connectivity index (χ3n) is 2.23. The molecule has 0 amide bonds. The molecule has 6 heteroatoms. The van der Waals surface area contributed by atoms with Gasteiger partial charge in [0.2, 0.25) is 10.0 Å². The lowest BCUT2D eigenvalue weighted by Gasteiger charge is -2.23. The Kier molecular flexibility index (Phi) is 5.67. The number of rotatable bonds is 6. The number of ether oxygens (including phenoxy) is 1. The maximum Gasteiger partial charge on any atom is 0.333 e. The average Bonchev–Trinajstić information content (AvgIpc) is 2.23. The topological polar surface area (TPSA) is 63.7 Å². The Bertz CT molecular complexity index is 361. The minimum absolute atomic E-state index is 0.0292. The molecule has 0 fully saturated rings. The van der Waals surface area contributed by atoms with Gasteiger partial charge in [-0.05, 0) is 20.8 Å². The van der Waals surface area contributed by atoms with E-state index in [1.807, 2.05) is 0 Å². The summed E-state index contributed by atoms with van der Waals surface area (Å²) in [6.45, 7) is 8.25. The molecule has 0 rings (SSSR count). The molecule has 0 bridgehead atoms. The van der Waals surface area contributed by atoms with Gasteiger partial charge in [0, 0.05) is 12.6 Å². The van der Waals surface area contributed by atoms with Crippen molar-refractivity contribution in [1.29, 1.82) is 0 Å². The van der Waals surface area contributed by atoms with Crippen LogP contribution in [0, 0.1) is 0 Å². The van der Waals surface area contributed by atoms with E-state index >= 15 is 0 Å². The highest BCUT2D eigenvalue weighted by molar-refractivity contribution is 7.89. The minimum atomic E-state index is -3.25. The van der Waals surface area contributed by atoms with Crippen LogP contribution in [0.15, 0.2) is 12.2 Å². The Morgan fingerprint density at radius 1 is 1.50 bits per heavy atom. The fourth-order valence-corrected chi connectivity index (χ4v) is 1.92. The molecule has 0 radical (unpaired) electrons. The number of nitrogens with zero attached hydrogens (tertiary/aromatic N) is 1. The zero-order chi connectivity index (χ0) is 12.9. The number of carbonyl (C=O) groups is 1. The number of likely N-dealkylation sites (N-methyl/N-ethyl adjacent to an activating group) is 1. The molecule has 0 saturated heterocycles. The molecule has 0 aliphatic rings. The van der Waals surface area contributed by atoms with Gasteiger partial charge in [0.15, 0.2) is 0 Å². The molecule has 0 heterocycles. The van der Waals surface area contributed by atoms with Crippen LogP contribution in [0.3, 0.4) is 0 Å². The fraction of sp³-hybridized carbons (Fsp3) is 0.700. The van der Waals surface area contributed by atoms with Crippen molar-refractivity contribution in [3.8, 4) is 0 Å². The van der Waals surface area contributed by atoms with E-state index in [2.05, 4.69) is 6.58 Å². The Hall–Kier alpha value is -0.880. The molecule has 94 valence electrons. The first kappa shape index (κ1) is 15.1. The highest BCUT2D eigenvalue weighted by Crippen LogP contribution is 2.05. The highest BCUT2D eigenvalue weighted by Gasteiger charge is 2.22. The molecule has 1 unspecified atom stereocenters. The van der Waals surface area contributed by atoms with Gasteiger partial charge in [0.05, 0.1) is 11.8 Å². The standard InChI is InChI=1S/C10H19NO4S/c1-6-16(13,14)11(5)9(4)7-15-10(12)8(2)3/h9H,2,6-7H2,1,3-5H3. The second-order valence-corrected chi connectivity index (χ2v) is 5.96. The summed E-state index contributed by atoms with van der Waals surface area (Å²) in [7, 11) is -1.78. The van der Waals surface area contributed by atoms with Gasteiger partial charge in [-0.1, -0.05) is 6.58 Å². The first-order chi connectivity index (χ1) is 7.22. The van der Waals surface area contributed by atoms with Crippen molar-refractivity contribution in [3.63, 3.8) is 0 Å². The Balaban J connectivity index is 4.33. The van der Waals surface area contributed by atoms with Gasteiger partial charge in [0.1, 0.15) is 6.61 Å². The van der Waals surface area contributed by atoms with Crippen LogP contribution >= 0.6 is 0 Å². The van der Waals surface area contributed by atoms with E-state index in [-0.39, 0.29) is 18.4 Å². The van der Waals surface area contributed by atoms with Crippen molar-refractivity contribution in [2.45, 2.75) is 26.8 Å². The summed E-state index contributed by atoms with van der Waals surface area (Å²) >= 11 is 0. The molecule has 0 aromatic rings. The van der Waals surface area contributed by atoms with Crippen LogP contribution in [-0.4, -0.2) is 44.1 Å². The summed E-state index contributed by atoms with van der Waals surface area (Å²) < 4.78 is 29.1. The number of hydrogen-bond donors (Lipinski definition) is 0. The molecule has 16 heavy (non-hydrogen) atoms. The SMILES string of the molecule is C=C(C)C(=O)OCC(C)N(C)S(=O)(=O)CC. The zero-order valence-corrected chi connectivity index (χ0v) is 11.0. The quantitative estimate of drug-likeness (QED) is 0.515. The van der Waals surface area contributed by atoms with Crippen LogP contribution < -0.4 is 0 Å². The Morgan fingerprint density at radius 3 is 2.38 bits per heavy atom. The van der Waals surface area contributed by atoms with Crippen molar-refractivity contribution in [1.82, 2.24) is 4.31 Å². The molecule has 5 nitrogen and oxygen atoms in total. The Morgan fingerprint density at radius 2 is 2.00 bits per heavy atom. The van der Waals surface area contributed by atoms with Gasteiger partial charge < -0.3 is 4.74 Å². The molecule has 0 saturated carbocycles. The normalized spacial score (nSPS) is 13.6. The second-order valence-electron chi connectivity index (χ2n) is 3.64. The van der Waals surface area contributed by atoms with Crippen LogP contribution in [0.2, 0.25) is 0 Å². The van der Waals surface area contributed by atoms with E-state index in [9.17, 15) is 13.2 Å². The lowest BCUT2D eigenvalue weighted by atomic mass is 10.3. The van der Waals surface area contributed by atoms with Crippen LogP contribution in [0.25, 0.3) is 0 Å². The molecule has 1 atom stereocenters. The molecular weight excluding hydrogens is 230 g/mol. The van der Waals surface area contributed by atoms with Crippen molar-refractivity contribution in [2.24, 2.45) is 0 Å². The van der Waals surface area contributed by atoms with E-state index in [1.54, 1.807) is 20.8 Å². The lowest BCUT2D eigenvalue weighted by molar-refractivity contribution is -0.140. The van der Waals surface area contributed by atoms with Crippen LogP contribution in [0.4, 0.5) is 0 Å². The number of carbonyl (C=O) groups excluding carboxylic acids is 1. The summed E-state index contributed by atoms with van der Waals surface area (Å²) in [5.74, 6) is -0.475. The molecule has 0 aliphatic carbocycles. The zero-order valence-electron chi connectivity index (χ0n) is 10.2. The van der Waals surface area contributed by atoms with Crippen LogP contribution in [0.5, 0.6) is 0 Å². The lowest BCUT2D eigenvalue weighted by Crippen LogP contribution is -2.39. The number of sulfonamides is 1. The molecule has 0 spiro atoms. The molecule has 0 N–H and O–H groups in total. The average molecular weight is 249 g/mol. The summed E-state index contributed by atoms with van der Waals surface area (Å²) in [5.41, 5.74) is 0.299. The van der Waals surface area contributed by atoms with Crippen molar-refractivity contribution >= 4 is 16.0 Å². The molecular formula is C10H19NO4S. The second kappa shape index (κ2) is 6.00. The van der Waals surface area contributed by atoms with Gasteiger partial charge in [0.25, 0.3) is 0 Å². The predicted molar refractivity (Wildman–Crippen MR) is 62.5 cm³/mol. The third-order valence-corrected chi connectivity index (χ3v) is 4.20. The first-order valence-corrected chi connectivity index (χ1v) is 6.61. The summed E-state index contributed by atoms with van der Waals surface area (Å²) in [4.78, 5) is 11.1. The van der Waals surface area contributed by atoms with Gasteiger partial charge in [-0.2, -0.15) is 4.31 Å². The number of hydrogen-bond acceptors (Lipinski definition) is 4. The highest BCUT2D eigenvalue weighted by atomic mass is 32.2. The van der Waals surface area contributed by atoms with Gasteiger partial charge in [-0.3, -0.25) is 0 Å². The summed E-state index contributed by atoms with van der Waals surface area (Å²) in [6, 6.07) is -0.381. The minimum Gasteiger partial charge on any atom is -0.461 e. The maximum atomic E-state index is 11.5. The molecule has 0 aliphatic heterocycles.